The third-order valence-corrected chi connectivity index (χ3v) is 4.36. The molecule has 3 rings (SSSR count). The number of nitrogens with zero attached hydrogens (tertiary/aromatic N) is 2. The normalized spacial score (nSPS) is 11.9. The zero-order valence-corrected chi connectivity index (χ0v) is 15.7. The van der Waals surface area contributed by atoms with E-state index in [1.54, 1.807) is 47.3 Å². The van der Waals surface area contributed by atoms with Crippen molar-refractivity contribution >= 4 is 17.5 Å². The highest BCUT2D eigenvalue weighted by Gasteiger charge is 2.16. The fourth-order valence-corrected chi connectivity index (χ4v) is 2.94. The minimum absolute atomic E-state index is 0.115. The van der Waals surface area contributed by atoms with Crippen molar-refractivity contribution in [1.29, 1.82) is 0 Å². The average molecular weight is 388 g/mol. The summed E-state index contributed by atoms with van der Waals surface area (Å²) in [5.74, 6) is -0.0221. The van der Waals surface area contributed by atoms with E-state index in [4.69, 9.17) is 16.3 Å². The Morgan fingerprint density at radius 1 is 1.30 bits per heavy atom. The van der Waals surface area contributed by atoms with Gasteiger partial charge in [-0.3, -0.25) is 4.79 Å². The van der Waals surface area contributed by atoms with E-state index in [0.717, 1.165) is 16.9 Å². The van der Waals surface area contributed by atoms with E-state index in [1.807, 2.05) is 13.8 Å². The lowest BCUT2D eigenvalue weighted by Crippen LogP contribution is -2.31. The van der Waals surface area contributed by atoms with E-state index in [0.29, 0.717) is 10.8 Å². The molecule has 0 fully saturated rings. The van der Waals surface area contributed by atoms with Crippen LogP contribution in [0.15, 0.2) is 54.7 Å². The summed E-state index contributed by atoms with van der Waals surface area (Å²) >= 11 is 5.89. The van der Waals surface area contributed by atoms with Crippen LogP contribution in [0.4, 0.5) is 4.39 Å². The predicted molar refractivity (Wildman–Crippen MR) is 102 cm³/mol. The molecule has 2 aromatic carbocycles. The highest BCUT2D eigenvalue weighted by atomic mass is 35.5. The number of aromatic nitrogens is 2. The Balaban J connectivity index is 1.63. The van der Waals surface area contributed by atoms with Gasteiger partial charge in [0, 0.05) is 16.3 Å². The van der Waals surface area contributed by atoms with E-state index in [1.165, 1.54) is 12.1 Å². The number of rotatable bonds is 6. The lowest BCUT2D eigenvalue weighted by molar-refractivity contribution is -0.123. The first-order chi connectivity index (χ1) is 12.9. The molecule has 27 heavy (non-hydrogen) atoms. The molecule has 1 N–H and O–H groups in total. The fraction of sp³-hybridized carbons (Fsp3) is 0.200. The first-order valence-electron chi connectivity index (χ1n) is 8.42. The molecule has 140 valence electrons. The van der Waals surface area contributed by atoms with Crippen LogP contribution in [-0.2, 0) is 4.79 Å². The van der Waals surface area contributed by atoms with E-state index in [2.05, 4.69) is 10.4 Å². The van der Waals surface area contributed by atoms with Crippen molar-refractivity contribution in [3.05, 3.63) is 76.8 Å². The molecule has 0 radical (unpaired) electrons. The molecule has 0 spiro atoms. The zero-order valence-electron chi connectivity index (χ0n) is 14.9. The van der Waals surface area contributed by atoms with Gasteiger partial charge in [-0.2, -0.15) is 5.10 Å². The maximum absolute atomic E-state index is 13.1. The Kier molecular flexibility index (Phi) is 5.76. The summed E-state index contributed by atoms with van der Waals surface area (Å²) in [4.78, 5) is 12.2. The smallest absolute Gasteiger partial charge is 0.258 e. The van der Waals surface area contributed by atoms with Crippen LogP contribution in [0.5, 0.6) is 5.75 Å². The van der Waals surface area contributed by atoms with Gasteiger partial charge in [-0.1, -0.05) is 17.7 Å². The number of hydrogen-bond acceptors (Lipinski definition) is 3. The van der Waals surface area contributed by atoms with Gasteiger partial charge >= 0.3 is 0 Å². The average Bonchev–Trinajstić information content (AvgIpc) is 3.02. The van der Waals surface area contributed by atoms with E-state index < -0.39 is 0 Å². The second-order valence-corrected chi connectivity index (χ2v) is 6.55. The van der Waals surface area contributed by atoms with Crippen LogP contribution >= 0.6 is 11.6 Å². The monoisotopic (exact) mass is 387 g/mol. The molecule has 5 nitrogen and oxygen atoms in total. The number of amides is 1. The molecule has 0 bridgehead atoms. The quantitative estimate of drug-likeness (QED) is 0.688. The Labute approximate surface area is 161 Å². The minimum atomic E-state index is -0.302. The van der Waals surface area contributed by atoms with Crippen molar-refractivity contribution in [2.24, 2.45) is 0 Å². The van der Waals surface area contributed by atoms with Gasteiger partial charge in [0.05, 0.1) is 17.9 Å². The van der Waals surface area contributed by atoms with Crippen molar-refractivity contribution < 1.29 is 13.9 Å². The summed E-state index contributed by atoms with van der Waals surface area (Å²) in [6, 6.07) is 12.7. The molecule has 0 aliphatic rings. The summed E-state index contributed by atoms with van der Waals surface area (Å²) in [5, 5.41) is 7.78. The molecule has 0 aliphatic carbocycles. The molecule has 1 heterocycles. The standard InChI is InChI=1S/C20H19ClFN3O2/c1-13(24-20(26)12-27-18-5-3-4-15(21)10-18)19-11-23-25(14(19)2)17-8-6-16(22)7-9-17/h3-11,13H,12H2,1-2H3,(H,24,26). The molecule has 0 saturated heterocycles. The van der Waals surface area contributed by atoms with Gasteiger partial charge in [0.2, 0.25) is 0 Å². The number of halogens is 2. The van der Waals surface area contributed by atoms with E-state index in [9.17, 15) is 9.18 Å². The van der Waals surface area contributed by atoms with Gasteiger partial charge in [0.15, 0.2) is 6.61 Å². The van der Waals surface area contributed by atoms with Crippen LogP contribution in [0, 0.1) is 12.7 Å². The van der Waals surface area contributed by atoms with Crippen molar-refractivity contribution in [3.63, 3.8) is 0 Å². The first kappa shape index (κ1) is 18.9. The summed E-state index contributed by atoms with van der Waals surface area (Å²) in [7, 11) is 0. The summed E-state index contributed by atoms with van der Waals surface area (Å²) in [6.07, 6.45) is 1.70. The van der Waals surface area contributed by atoms with Crippen LogP contribution in [0.3, 0.4) is 0 Å². The Hall–Kier alpha value is -2.86. The summed E-state index contributed by atoms with van der Waals surface area (Å²) in [6.45, 7) is 3.66. The molecule has 0 aliphatic heterocycles. The second-order valence-electron chi connectivity index (χ2n) is 6.11. The zero-order chi connectivity index (χ0) is 19.4. The lowest BCUT2D eigenvalue weighted by Gasteiger charge is -2.15. The van der Waals surface area contributed by atoms with Gasteiger partial charge in [0.1, 0.15) is 11.6 Å². The Bertz CT molecular complexity index is 941. The lowest BCUT2D eigenvalue weighted by atomic mass is 10.1. The van der Waals surface area contributed by atoms with Crippen LogP contribution in [0.2, 0.25) is 5.02 Å². The second kappa shape index (κ2) is 8.22. The molecule has 1 amide bonds. The van der Waals surface area contributed by atoms with Crippen molar-refractivity contribution in [2.75, 3.05) is 6.61 Å². The van der Waals surface area contributed by atoms with Crippen LogP contribution in [0.25, 0.3) is 5.69 Å². The maximum atomic E-state index is 13.1. The van der Waals surface area contributed by atoms with Crippen LogP contribution in [-0.4, -0.2) is 22.3 Å². The number of nitrogens with one attached hydrogen (secondary N) is 1. The molecule has 7 heteroatoms. The van der Waals surface area contributed by atoms with E-state index >= 15 is 0 Å². The SMILES string of the molecule is Cc1c(C(C)NC(=O)COc2cccc(Cl)c2)cnn1-c1ccc(F)cc1. The molecular weight excluding hydrogens is 369 g/mol. The fourth-order valence-electron chi connectivity index (χ4n) is 2.76. The number of ether oxygens (including phenoxy) is 1. The van der Waals surface area contributed by atoms with Crippen molar-refractivity contribution in [1.82, 2.24) is 15.1 Å². The highest BCUT2D eigenvalue weighted by Crippen LogP contribution is 2.21. The number of benzene rings is 2. The molecule has 0 saturated carbocycles. The molecule has 3 aromatic rings. The number of carbonyl (C=O) groups is 1. The van der Waals surface area contributed by atoms with Crippen molar-refractivity contribution in [3.8, 4) is 11.4 Å². The van der Waals surface area contributed by atoms with Gasteiger partial charge in [-0.05, 0) is 56.3 Å². The third kappa shape index (κ3) is 4.65. The summed E-state index contributed by atoms with van der Waals surface area (Å²) < 4.78 is 20.3. The van der Waals surface area contributed by atoms with Gasteiger partial charge in [-0.15, -0.1) is 0 Å². The molecule has 1 unspecified atom stereocenters. The Morgan fingerprint density at radius 2 is 2.04 bits per heavy atom. The maximum Gasteiger partial charge on any atom is 0.258 e. The molecular formula is C20H19ClFN3O2. The predicted octanol–water partition coefficient (Wildman–Crippen LogP) is 4.23. The van der Waals surface area contributed by atoms with Gasteiger partial charge in [-0.25, -0.2) is 9.07 Å². The third-order valence-electron chi connectivity index (χ3n) is 4.13. The minimum Gasteiger partial charge on any atom is -0.484 e. The summed E-state index contributed by atoms with van der Waals surface area (Å²) in [5.41, 5.74) is 2.49. The molecule has 1 aromatic heterocycles. The Morgan fingerprint density at radius 3 is 2.74 bits per heavy atom. The number of hydrogen-bond donors (Lipinski definition) is 1. The topological polar surface area (TPSA) is 56.1 Å². The van der Waals surface area contributed by atoms with Crippen molar-refractivity contribution in [2.45, 2.75) is 19.9 Å². The van der Waals surface area contributed by atoms with Gasteiger partial charge < -0.3 is 10.1 Å². The van der Waals surface area contributed by atoms with Crippen LogP contribution in [0.1, 0.15) is 24.2 Å². The highest BCUT2D eigenvalue weighted by molar-refractivity contribution is 6.30. The number of carbonyl (C=O) groups excluding carboxylic acids is 1. The van der Waals surface area contributed by atoms with E-state index in [-0.39, 0.29) is 24.4 Å². The molecule has 1 atom stereocenters. The largest absolute Gasteiger partial charge is 0.484 e. The van der Waals surface area contributed by atoms with Gasteiger partial charge in [0.25, 0.3) is 5.91 Å². The first-order valence-corrected chi connectivity index (χ1v) is 8.80. The van der Waals surface area contributed by atoms with Crippen LogP contribution < -0.4 is 10.1 Å².